The van der Waals surface area contributed by atoms with Gasteiger partial charge in [0, 0.05) is 25.5 Å². The highest BCUT2D eigenvalue weighted by Crippen LogP contribution is 2.19. The van der Waals surface area contributed by atoms with E-state index in [1.165, 1.54) is 0 Å². The molecule has 2 aliphatic heterocycles. The smallest absolute Gasteiger partial charge is 0.256 e. The number of nitrogens with one attached hydrogen (secondary N) is 1. The van der Waals surface area contributed by atoms with Crippen LogP contribution in [-0.4, -0.2) is 42.3 Å². The molecule has 0 bridgehead atoms. The Labute approximate surface area is 174 Å². The summed E-state index contributed by atoms with van der Waals surface area (Å²) in [4.78, 5) is 18.6. The molecule has 30 heavy (non-hydrogen) atoms. The van der Waals surface area contributed by atoms with Gasteiger partial charge in [-0.1, -0.05) is 18.2 Å². The second-order valence-electron chi connectivity index (χ2n) is 6.76. The van der Waals surface area contributed by atoms with Gasteiger partial charge in [-0.2, -0.15) is 0 Å². The molecule has 1 aromatic heterocycles. The first kappa shape index (κ1) is 19.8. The number of sulfonamides is 1. The third kappa shape index (κ3) is 4.74. The van der Waals surface area contributed by atoms with E-state index in [1.807, 2.05) is 42.5 Å². The molecule has 0 fully saturated rings. The van der Waals surface area contributed by atoms with Crippen molar-refractivity contribution in [1.29, 1.82) is 0 Å². The lowest BCUT2D eigenvalue weighted by Gasteiger charge is -2.28. The number of ether oxygens (including phenoxy) is 1. The van der Waals surface area contributed by atoms with Crippen LogP contribution < -0.4 is 10.1 Å². The summed E-state index contributed by atoms with van der Waals surface area (Å²) in [6.07, 6.45) is 6.70. The predicted octanol–water partition coefficient (Wildman–Crippen LogP) is 1.77. The molecule has 0 aliphatic carbocycles. The highest BCUT2D eigenvalue weighted by molar-refractivity contribution is 7.90. The van der Waals surface area contributed by atoms with E-state index >= 15 is 0 Å². The molecule has 2 aromatic rings. The number of hydrogen-bond acceptors (Lipinski definition) is 6. The number of fused-ring (bicyclic) bond motifs is 1. The first-order valence-corrected chi connectivity index (χ1v) is 11.0. The van der Waals surface area contributed by atoms with Crippen molar-refractivity contribution in [3.8, 4) is 5.75 Å². The molecule has 1 aromatic carbocycles. The summed E-state index contributed by atoms with van der Waals surface area (Å²) >= 11 is 0. The molecule has 0 saturated carbocycles. The Kier molecular flexibility index (Phi) is 5.62. The molecule has 0 unspecified atom stereocenters. The van der Waals surface area contributed by atoms with Crippen LogP contribution in [0.15, 0.2) is 77.0 Å². The van der Waals surface area contributed by atoms with Crippen LogP contribution in [0.5, 0.6) is 5.75 Å². The van der Waals surface area contributed by atoms with Crippen molar-refractivity contribution in [2.45, 2.75) is 13.2 Å². The van der Waals surface area contributed by atoms with Crippen molar-refractivity contribution < 1.29 is 17.9 Å². The maximum absolute atomic E-state index is 12.7. The molecule has 0 radical (unpaired) electrons. The second-order valence-corrected chi connectivity index (χ2v) is 8.51. The molecule has 8 nitrogen and oxygen atoms in total. The van der Waals surface area contributed by atoms with Crippen LogP contribution in [0.1, 0.15) is 11.3 Å². The molecule has 9 heteroatoms. The number of amides is 1. The molecule has 0 atom stereocenters. The molecule has 0 spiro atoms. The minimum Gasteiger partial charge on any atom is -0.487 e. The minimum absolute atomic E-state index is 0.0684. The second kappa shape index (κ2) is 8.50. The number of carbonyl (C=O) groups is 1. The molecular formula is C21H20N4O4S. The summed E-state index contributed by atoms with van der Waals surface area (Å²) in [5.41, 5.74) is 1.90. The van der Waals surface area contributed by atoms with Gasteiger partial charge in [-0.05, 0) is 42.0 Å². The van der Waals surface area contributed by atoms with E-state index in [4.69, 9.17) is 4.74 Å². The van der Waals surface area contributed by atoms with E-state index in [1.54, 1.807) is 29.4 Å². The normalized spacial score (nSPS) is 16.9. The summed E-state index contributed by atoms with van der Waals surface area (Å²) in [7, 11) is -3.55. The molecule has 154 valence electrons. The predicted molar refractivity (Wildman–Crippen MR) is 112 cm³/mol. The van der Waals surface area contributed by atoms with E-state index in [0.717, 1.165) is 11.3 Å². The average molecular weight is 424 g/mol. The highest BCUT2D eigenvalue weighted by atomic mass is 32.2. The largest absolute Gasteiger partial charge is 0.487 e. The van der Waals surface area contributed by atoms with Gasteiger partial charge >= 0.3 is 0 Å². The molecule has 3 heterocycles. The van der Waals surface area contributed by atoms with Crippen LogP contribution in [0.4, 0.5) is 0 Å². The lowest BCUT2D eigenvalue weighted by Crippen LogP contribution is -2.42. The van der Waals surface area contributed by atoms with E-state index in [2.05, 4.69) is 14.7 Å². The van der Waals surface area contributed by atoms with E-state index in [0.29, 0.717) is 12.4 Å². The fraction of sp³-hybridized carbons (Fsp3) is 0.190. The van der Waals surface area contributed by atoms with Crippen molar-refractivity contribution in [3.05, 3.63) is 83.8 Å². The Hall–Kier alpha value is -3.46. The van der Waals surface area contributed by atoms with Crippen LogP contribution in [0.3, 0.4) is 0 Å². The number of benzene rings is 1. The monoisotopic (exact) mass is 424 g/mol. The third-order valence-corrected chi connectivity index (χ3v) is 5.72. The topological polar surface area (TPSA) is 101 Å². The molecule has 2 aliphatic rings. The number of amidine groups is 1. The van der Waals surface area contributed by atoms with Crippen molar-refractivity contribution >= 4 is 21.8 Å². The number of rotatable bonds is 6. The van der Waals surface area contributed by atoms with Crippen molar-refractivity contribution in [2.75, 3.05) is 12.3 Å². The summed E-state index contributed by atoms with van der Waals surface area (Å²) in [6.45, 7) is 0.888. The Balaban J connectivity index is 1.40. The van der Waals surface area contributed by atoms with E-state index in [9.17, 15) is 13.2 Å². The first-order chi connectivity index (χ1) is 14.5. The summed E-state index contributed by atoms with van der Waals surface area (Å²) in [6, 6.07) is 13.0. The summed E-state index contributed by atoms with van der Waals surface area (Å²) in [5, 5.41) is 2.82. The summed E-state index contributed by atoms with van der Waals surface area (Å²) < 4.78 is 33.2. The zero-order chi connectivity index (χ0) is 21.0. The number of nitrogens with zero attached hydrogens (tertiary/aromatic N) is 3. The Bertz CT molecular complexity index is 1140. The maximum atomic E-state index is 12.7. The molecule has 0 saturated heterocycles. The van der Waals surface area contributed by atoms with Crippen molar-refractivity contribution in [2.24, 2.45) is 4.40 Å². The lowest BCUT2D eigenvalue weighted by molar-refractivity contribution is -0.117. The van der Waals surface area contributed by atoms with Crippen LogP contribution in [0, 0.1) is 0 Å². The Morgan fingerprint density at radius 3 is 2.93 bits per heavy atom. The van der Waals surface area contributed by atoms with Gasteiger partial charge in [0.2, 0.25) is 0 Å². The fourth-order valence-corrected chi connectivity index (χ4v) is 4.04. The zero-order valence-corrected chi connectivity index (χ0v) is 16.9. The Morgan fingerprint density at radius 2 is 2.10 bits per heavy atom. The van der Waals surface area contributed by atoms with Gasteiger partial charge in [0.15, 0.2) is 5.84 Å². The van der Waals surface area contributed by atoms with Gasteiger partial charge in [0.25, 0.3) is 15.9 Å². The van der Waals surface area contributed by atoms with Gasteiger partial charge in [-0.25, -0.2) is 8.42 Å². The fourth-order valence-electron chi connectivity index (χ4n) is 3.06. The van der Waals surface area contributed by atoms with Crippen LogP contribution in [0.2, 0.25) is 0 Å². The molecule has 4 rings (SSSR count). The van der Waals surface area contributed by atoms with E-state index in [-0.39, 0.29) is 36.2 Å². The molecular weight excluding hydrogens is 404 g/mol. The summed E-state index contributed by atoms with van der Waals surface area (Å²) in [5.74, 6) is 0.371. The van der Waals surface area contributed by atoms with Gasteiger partial charge in [-0.3, -0.25) is 9.78 Å². The number of hydrogen-bond donors (Lipinski definition) is 1. The van der Waals surface area contributed by atoms with Crippen LogP contribution >= 0.6 is 0 Å². The number of pyridine rings is 1. The number of allylic oxidation sites excluding steroid dienone is 2. The quantitative estimate of drug-likeness (QED) is 0.759. The average Bonchev–Trinajstić information content (AvgIpc) is 2.76. The van der Waals surface area contributed by atoms with Gasteiger partial charge < -0.3 is 15.0 Å². The number of carbonyl (C=O) groups excluding carboxylic acids is 1. The lowest BCUT2D eigenvalue weighted by atomic mass is 10.1. The van der Waals surface area contributed by atoms with Gasteiger partial charge in [0.05, 0.1) is 17.0 Å². The molecule has 1 N–H and O–H groups in total. The number of aromatic nitrogens is 1. The highest BCUT2D eigenvalue weighted by Gasteiger charge is 2.29. The zero-order valence-electron chi connectivity index (χ0n) is 16.1. The maximum Gasteiger partial charge on any atom is 0.256 e. The third-order valence-electron chi connectivity index (χ3n) is 4.57. The SMILES string of the molecule is O=C(NCc1cccc(OCc2ccccn2)c1)C1=CC=CN2CCS(=O)(=O)N=C12. The van der Waals surface area contributed by atoms with Gasteiger partial charge in [0.1, 0.15) is 12.4 Å². The van der Waals surface area contributed by atoms with Crippen molar-refractivity contribution in [3.63, 3.8) is 0 Å². The van der Waals surface area contributed by atoms with Crippen LogP contribution in [0.25, 0.3) is 0 Å². The molecule has 1 amide bonds. The van der Waals surface area contributed by atoms with Gasteiger partial charge in [-0.15, -0.1) is 4.40 Å². The minimum atomic E-state index is -3.55. The first-order valence-electron chi connectivity index (χ1n) is 9.38. The Morgan fingerprint density at radius 1 is 1.20 bits per heavy atom. The van der Waals surface area contributed by atoms with Crippen LogP contribution in [-0.2, 0) is 28.0 Å². The van der Waals surface area contributed by atoms with Crippen molar-refractivity contribution in [1.82, 2.24) is 15.2 Å². The van der Waals surface area contributed by atoms with E-state index < -0.39 is 10.0 Å². The standard InChI is InChI=1S/C21H20N4O4S/c26-21(19-8-4-10-25-11-12-30(27,28)24-20(19)25)23-14-16-5-3-7-18(13-16)29-15-17-6-1-2-9-22-17/h1-10,13H,11-12,14-15H2,(H,23,26).